The van der Waals surface area contributed by atoms with Gasteiger partial charge in [-0.2, -0.15) is 0 Å². The van der Waals surface area contributed by atoms with E-state index in [4.69, 9.17) is 0 Å². The molecular formula is C48H31N. The summed E-state index contributed by atoms with van der Waals surface area (Å²) in [5, 5.41) is 7.80. The standard InChI is InChI=1S/C48H31N/c1-2-13-35(14-3-1)49-46-24-11-10-20-42(46)38-16-5-7-19-41(38)45-31-34(29-30-47(45)49)32-25-27-33(28-26-32)36-22-12-23-44-40-17-6-4-15-37(40)39-18-8-9-21-43(39)48(36)44/h1-31H. The van der Waals surface area contributed by atoms with Crippen LogP contribution in [0.4, 0.5) is 17.1 Å². The first-order valence-corrected chi connectivity index (χ1v) is 16.9. The fourth-order valence-corrected chi connectivity index (χ4v) is 8.00. The monoisotopic (exact) mass is 621 g/mol. The molecule has 9 aromatic carbocycles. The molecular weight excluding hydrogens is 591 g/mol. The van der Waals surface area contributed by atoms with Crippen molar-refractivity contribution >= 4 is 49.4 Å². The Labute approximate surface area is 286 Å². The number of anilines is 3. The number of fused-ring (bicyclic) bond motifs is 11. The fourth-order valence-electron chi connectivity index (χ4n) is 8.00. The molecule has 49 heavy (non-hydrogen) atoms. The summed E-state index contributed by atoms with van der Waals surface area (Å²) >= 11 is 0. The summed E-state index contributed by atoms with van der Waals surface area (Å²) in [7, 11) is 0. The molecule has 0 bridgehead atoms. The molecule has 228 valence electrons. The molecule has 0 unspecified atom stereocenters. The predicted molar refractivity (Wildman–Crippen MR) is 209 cm³/mol. The summed E-state index contributed by atoms with van der Waals surface area (Å²) in [6.45, 7) is 0. The molecule has 0 saturated carbocycles. The maximum Gasteiger partial charge on any atom is 0.0540 e. The van der Waals surface area contributed by atoms with Crippen molar-refractivity contribution in [3.63, 3.8) is 0 Å². The third-order valence-corrected chi connectivity index (χ3v) is 10.2. The molecule has 1 aliphatic rings. The zero-order chi connectivity index (χ0) is 32.3. The first-order valence-electron chi connectivity index (χ1n) is 16.9. The van der Waals surface area contributed by atoms with Gasteiger partial charge in [0.05, 0.1) is 11.4 Å². The van der Waals surface area contributed by atoms with Gasteiger partial charge in [-0.3, -0.25) is 0 Å². The number of hydrogen-bond acceptors (Lipinski definition) is 1. The van der Waals surface area contributed by atoms with Gasteiger partial charge in [-0.05, 0) is 96.0 Å². The van der Waals surface area contributed by atoms with Crippen LogP contribution in [0.1, 0.15) is 0 Å². The Hall–Kier alpha value is -6.44. The quantitative estimate of drug-likeness (QED) is 0.177. The minimum Gasteiger partial charge on any atom is -0.309 e. The SMILES string of the molecule is c1ccc(N2c3ccccc3-c3ccccc3-c3cc(-c4ccc(-c5cccc6c7ccccc7c7ccccc7c56)cc4)ccc32)cc1. The van der Waals surface area contributed by atoms with E-state index >= 15 is 0 Å². The van der Waals surface area contributed by atoms with Crippen LogP contribution in [0.5, 0.6) is 0 Å². The van der Waals surface area contributed by atoms with Gasteiger partial charge in [0.25, 0.3) is 0 Å². The van der Waals surface area contributed by atoms with Gasteiger partial charge in [0.1, 0.15) is 0 Å². The van der Waals surface area contributed by atoms with Crippen LogP contribution in [-0.2, 0) is 0 Å². The highest BCUT2D eigenvalue weighted by Gasteiger charge is 2.26. The van der Waals surface area contributed by atoms with Crippen LogP contribution in [0.15, 0.2) is 188 Å². The van der Waals surface area contributed by atoms with Gasteiger partial charge in [0.15, 0.2) is 0 Å². The smallest absolute Gasteiger partial charge is 0.0540 e. The Morgan fingerprint density at radius 3 is 1.45 bits per heavy atom. The molecule has 1 heterocycles. The Bertz CT molecular complexity index is 2660. The predicted octanol–water partition coefficient (Wildman–Crippen LogP) is 13.6. The first kappa shape index (κ1) is 27.7. The van der Waals surface area contributed by atoms with E-state index in [1.54, 1.807) is 0 Å². The van der Waals surface area contributed by atoms with Crippen molar-refractivity contribution in [2.24, 2.45) is 0 Å². The molecule has 0 atom stereocenters. The van der Waals surface area contributed by atoms with E-state index < -0.39 is 0 Å². The minimum atomic E-state index is 1.15. The molecule has 0 aliphatic carbocycles. The average molecular weight is 622 g/mol. The van der Waals surface area contributed by atoms with Gasteiger partial charge in [0, 0.05) is 16.8 Å². The van der Waals surface area contributed by atoms with Crippen molar-refractivity contribution in [3.05, 3.63) is 188 Å². The lowest BCUT2D eigenvalue weighted by molar-refractivity contribution is 1.29. The topological polar surface area (TPSA) is 3.24 Å². The molecule has 0 N–H and O–H groups in total. The van der Waals surface area contributed by atoms with E-state index in [9.17, 15) is 0 Å². The van der Waals surface area contributed by atoms with Gasteiger partial charge in [-0.15, -0.1) is 0 Å². The summed E-state index contributed by atoms with van der Waals surface area (Å²) in [5.74, 6) is 0. The van der Waals surface area contributed by atoms with Gasteiger partial charge in [-0.1, -0.05) is 158 Å². The molecule has 9 aromatic rings. The van der Waals surface area contributed by atoms with Gasteiger partial charge in [-0.25, -0.2) is 0 Å². The molecule has 0 fully saturated rings. The van der Waals surface area contributed by atoms with Crippen LogP contribution in [-0.4, -0.2) is 0 Å². The summed E-state index contributed by atoms with van der Waals surface area (Å²) in [6, 6.07) is 68.8. The second-order valence-corrected chi connectivity index (χ2v) is 12.9. The van der Waals surface area contributed by atoms with Crippen molar-refractivity contribution in [1.29, 1.82) is 0 Å². The molecule has 0 aromatic heterocycles. The number of para-hydroxylation sites is 2. The maximum atomic E-state index is 2.41. The van der Waals surface area contributed by atoms with E-state index in [0.29, 0.717) is 0 Å². The highest BCUT2D eigenvalue weighted by molar-refractivity contribution is 6.28. The van der Waals surface area contributed by atoms with Crippen LogP contribution in [0, 0.1) is 0 Å². The number of hydrogen-bond donors (Lipinski definition) is 0. The normalized spacial score (nSPS) is 12.0. The summed E-state index contributed by atoms with van der Waals surface area (Å²) < 4.78 is 0. The Morgan fingerprint density at radius 2 is 0.735 bits per heavy atom. The van der Waals surface area contributed by atoms with Crippen LogP contribution < -0.4 is 4.90 Å². The molecule has 0 spiro atoms. The largest absolute Gasteiger partial charge is 0.309 e. The first-order chi connectivity index (χ1) is 24.3. The second kappa shape index (κ2) is 11.1. The van der Waals surface area contributed by atoms with Crippen molar-refractivity contribution in [2.45, 2.75) is 0 Å². The van der Waals surface area contributed by atoms with Crippen molar-refractivity contribution < 1.29 is 0 Å². The minimum absolute atomic E-state index is 1.15. The zero-order valence-electron chi connectivity index (χ0n) is 26.8. The highest BCUT2D eigenvalue weighted by atomic mass is 15.1. The molecule has 1 aliphatic heterocycles. The molecule has 0 radical (unpaired) electrons. The number of nitrogens with zero attached hydrogens (tertiary/aromatic N) is 1. The zero-order valence-corrected chi connectivity index (χ0v) is 26.8. The highest BCUT2D eigenvalue weighted by Crippen LogP contribution is 2.51. The van der Waals surface area contributed by atoms with Crippen molar-refractivity contribution in [3.8, 4) is 44.5 Å². The van der Waals surface area contributed by atoms with Gasteiger partial charge >= 0.3 is 0 Å². The molecule has 10 rings (SSSR count). The Kier molecular flexibility index (Phi) is 6.25. The molecule has 1 heteroatoms. The summed E-state index contributed by atoms with van der Waals surface area (Å²) in [5.41, 5.74) is 13.4. The number of rotatable bonds is 3. The maximum absolute atomic E-state index is 2.41. The van der Waals surface area contributed by atoms with E-state index in [1.807, 2.05) is 0 Å². The van der Waals surface area contributed by atoms with E-state index in [0.717, 1.165) is 5.69 Å². The van der Waals surface area contributed by atoms with E-state index in [1.165, 1.54) is 88.2 Å². The lowest BCUT2D eigenvalue weighted by Crippen LogP contribution is -2.10. The molecule has 1 nitrogen and oxygen atoms in total. The van der Waals surface area contributed by atoms with Crippen LogP contribution >= 0.6 is 0 Å². The van der Waals surface area contributed by atoms with Crippen LogP contribution in [0.2, 0.25) is 0 Å². The summed E-state index contributed by atoms with van der Waals surface area (Å²) in [6.07, 6.45) is 0. The van der Waals surface area contributed by atoms with Crippen LogP contribution in [0.3, 0.4) is 0 Å². The van der Waals surface area contributed by atoms with E-state index in [-0.39, 0.29) is 0 Å². The van der Waals surface area contributed by atoms with Crippen molar-refractivity contribution in [2.75, 3.05) is 4.90 Å². The summed E-state index contributed by atoms with van der Waals surface area (Å²) in [4.78, 5) is 2.41. The number of benzene rings is 9. The molecule has 0 amide bonds. The van der Waals surface area contributed by atoms with Gasteiger partial charge in [0.2, 0.25) is 0 Å². The Balaban J connectivity index is 1.13. The van der Waals surface area contributed by atoms with Crippen molar-refractivity contribution in [1.82, 2.24) is 0 Å². The third-order valence-electron chi connectivity index (χ3n) is 10.2. The lowest BCUT2D eigenvalue weighted by atomic mass is 9.89. The molecule has 0 saturated heterocycles. The fraction of sp³-hybridized carbons (Fsp3) is 0. The third kappa shape index (κ3) is 4.33. The lowest BCUT2D eigenvalue weighted by Gasteiger charge is -2.27. The second-order valence-electron chi connectivity index (χ2n) is 12.9. The Morgan fingerprint density at radius 1 is 0.265 bits per heavy atom. The van der Waals surface area contributed by atoms with E-state index in [2.05, 4.69) is 193 Å². The average Bonchev–Trinajstić information content (AvgIpc) is 3.30. The van der Waals surface area contributed by atoms with Crippen LogP contribution in [0.25, 0.3) is 76.8 Å². The van der Waals surface area contributed by atoms with Gasteiger partial charge < -0.3 is 4.90 Å².